The van der Waals surface area contributed by atoms with E-state index >= 15 is 0 Å². The first-order chi connectivity index (χ1) is 9.69. The zero-order valence-corrected chi connectivity index (χ0v) is 12.6. The topological polar surface area (TPSA) is 41.1 Å². The van der Waals surface area contributed by atoms with Crippen molar-refractivity contribution in [2.75, 3.05) is 6.54 Å². The maximum absolute atomic E-state index is 11.7. The summed E-state index contributed by atoms with van der Waals surface area (Å²) in [5, 5.41) is 6.53. The molecule has 20 heavy (non-hydrogen) atoms. The summed E-state index contributed by atoms with van der Waals surface area (Å²) in [7, 11) is 0. The second-order valence-electron chi connectivity index (χ2n) is 5.79. The van der Waals surface area contributed by atoms with Crippen LogP contribution in [0.15, 0.2) is 24.3 Å². The Kier molecular flexibility index (Phi) is 5.60. The fourth-order valence-electron chi connectivity index (χ4n) is 2.71. The van der Waals surface area contributed by atoms with Crippen LogP contribution in [0.2, 0.25) is 0 Å². The number of amides is 1. The summed E-state index contributed by atoms with van der Waals surface area (Å²) in [6.07, 6.45) is 4.96. The predicted molar refractivity (Wildman–Crippen MR) is 82.8 cm³/mol. The smallest absolute Gasteiger partial charge is 0.221 e. The Morgan fingerprint density at radius 2 is 2.10 bits per heavy atom. The van der Waals surface area contributed by atoms with E-state index in [4.69, 9.17) is 0 Å². The van der Waals surface area contributed by atoms with Gasteiger partial charge in [-0.3, -0.25) is 4.79 Å². The minimum Gasteiger partial charge on any atom is -0.354 e. The van der Waals surface area contributed by atoms with Gasteiger partial charge in [0.15, 0.2) is 0 Å². The lowest BCUT2D eigenvalue weighted by molar-refractivity contribution is -0.121. The first kappa shape index (κ1) is 15.0. The van der Waals surface area contributed by atoms with Crippen LogP contribution in [-0.4, -0.2) is 24.5 Å². The summed E-state index contributed by atoms with van der Waals surface area (Å²) < 4.78 is 0. The second-order valence-corrected chi connectivity index (χ2v) is 5.79. The quantitative estimate of drug-likeness (QED) is 0.836. The Hall–Kier alpha value is -1.35. The van der Waals surface area contributed by atoms with Crippen molar-refractivity contribution in [1.82, 2.24) is 10.6 Å². The zero-order valence-electron chi connectivity index (χ0n) is 12.6. The van der Waals surface area contributed by atoms with Gasteiger partial charge in [0.25, 0.3) is 0 Å². The molecule has 0 bridgehead atoms. The molecule has 0 saturated carbocycles. The van der Waals surface area contributed by atoms with Gasteiger partial charge in [0.05, 0.1) is 0 Å². The molecule has 1 aliphatic rings. The molecule has 1 amide bonds. The van der Waals surface area contributed by atoms with Crippen LogP contribution in [0.1, 0.15) is 44.2 Å². The number of fused-ring (bicyclic) bond motifs is 1. The molecule has 3 nitrogen and oxygen atoms in total. The largest absolute Gasteiger partial charge is 0.354 e. The molecule has 110 valence electrons. The minimum absolute atomic E-state index is 0.156. The van der Waals surface area contributed by atoms with Crippen LogP contribution >= 0.6 is 0 Å². The number of hydrogen-bond acceptors (Lipinski definition) is 2. The van der Waals surface area contributed by atoms with Crippen molar-refractivity contribution in [2.24, 2.45) is 0 Å². The summed E-state index contributed by atoms with van der Waals surface area (Å²) in [6, 6.07) is 9.47. The fraction of sp³-hybridized carbons (Fsp3) is 0.588. The monoisotopic (exact) mass is 274 g/mol. The fourth-order valence-corrected chi connectivity index (χ4v) is 2.71. The second kappa shape index (κ2) is 7.44. The van der Waals surface area contributed by atoms with E-state index in [1.54, 1.807) is 0 Å². The maximum atomic E-state index is 11.7. The number of rotatable bonds is 6. The molecule has 2 atom stereocenters. The Morgan fingerprint density at radius 3 is 2.85 bits per heavy atom. The van der Waals surface area contributed by atoms with Gasteiger partial charge in [-0.15, -0.1) is 0 Å². The SMILES string of the molecule is CCC(C)NC(=O)CCNC1CCc2ccccc2C1. The van der Waals surface area contributed by atoms with Crippen LogP contribution in [0.25, 0.3) is 0 Å². The van der Waals surface area contributed by atoms with Crippen molar-refractivity contribution < 1.29 is 4.79 Å². The highest BCUT2D eigenvalue weighted by Crippen LogP contribution is 2.20. The van der Waals surface area contributed by atoms with Crippen LogP contribution in [0.3, 0.4) is 0 Å². The Bertz CT molecular complexity index is 444. The normalized spacial score (nSPS) is 19.2. The molecule has 0 radical (unpaired) electrons. The first-order valence-electron chi connectivity index (χ1n) is 7.78. The van der Waals surface area contributed by atoms with Crippen LogP contribution < -0.4 is 10.6 Å². The molecule has 0 fully saturated rings. The standard InChI is InChI=1S/C17H26N2O/c1-3-13(2)19-17(20)10-11-18-16-9-8-14-6-4-5-7-15(14)12-16/h4-7,13,16,18H,3,8-12H2,1-2H3,(H,19,20). The van der Waals surface area contributed by atoms with E-state index in [0.29, 0.717) is 12.5 Å². The van der Waals surface area contributed by atoms with Gasteiger partial charge in [0.2, 0.25) is 5.91 Å². The number of carbonyl (C=O) groups is 1. The number of benzene rings is 1. The van der Waals surface area contributed by atoms with Gasteiger partial charge in [-0.2, -0.15) is 0 Å². The van der Waals surface area contributed by atoms with E-state index in [-0.39, 0.29) is 11.9 Å². The van der Waals surface area contributed by atoms with Crippen LogP contribution in [0.5, 0.6) is 0 Å². The molecule has 2 unspecified atom stereocenters. The number of aryl methyl sites for hydroxylation is 1. The maximum Gasteiger partial charge on any atom is 0.221 e. The van der Waals surface area contributed by atoms with Gasteiger partial charge in [-0.25, -0.2) is 0 Å². The summed E-state index contributed by atoms with van der Waals surface area (Å²) in [6.45, 7) is 4.90. The van der Waals surface area contributed by atoms with E-state index in [0.717, 1.165) is 25.8 Å². The molecule has 0 heterocycles. The molecule has 2 rings (SSSR count). The lowest BCUT2D eigenvalue weighted by Crippen LogP contribution is -2.38. The van der Waals surface area contributed by atoms with Crippen molar-refractivity contribution in [3.63, 3.8) is 0 Å². The Balaban J connectivity index is 1.70. The van der Waals surface area contributed by atoms with Gasteiger partial charge in [-0.05, 0) is 43.7 Å². The molecule has 0 aromatic heterocycles. The van der Waals surface area contributed by atoms with Crippen LogP contribution in [0, 0.1) is 0 Å². The van der Waals surface area contributed by atoms with Crippen LogP contribution in [-0.2, 0) is 17.6 Å². The number of nitrogens with one attached hydrogen (secondary N) is 2. The van der Waals surface area contributed by atoms with E-state index in [1.165, 1.54) is 17.5 Å². The van der Waals surface area contributed by atoms with Crippen LogP contribution in [0.4, 0.5) is 0 Å². The third-order valence-electron chi connectivity index (χ3n) is 4.15. The highest BCUT2D eigenvalue weighted by Gasteiger charge is 2.17. The summed E-state index contributed by atoms with van der Waals surface area (Å²) >= 11 is 0. The highest BCUT2D eigenvalue weighted by atomic mass is 16.1. The van der Waals surface area contributed by atoms with Crippen molar-refractivity contribution in [1.29, 1.82) is 0 Å². The molecule has 0 saturated heterocycles. The van der Waals surface area contributed by atoms with Crippen molar-refractivity contribution >= 4 is 5.91 Å². The third kappa shape index (κ3) is 4.34. The molecule has 1 aromatic carbocycles. The highest BCUT2D eigenvalue weighted by molar-refractivity contribution is 5.76. The average molecular weight is 274 g/mol. The average Bonchev–Trinajstić information content (AvgIpc) is 2.47. The van der Waals surface area contributed by atoms with Gasteiger partial charge >= 0.3 is 0 Å². The summed E-state index contributed by atoms with van der Waals surface area (Å²) in [4.78, 5) is 11.7. The first-order valence-corrected chi connectivity index (χ1v) is 7.78. The Morgan fingerprint density at radius 1 is 1.35 bits per heavy atom. The molecule has 3 heteroatoms. The Labute approximate surface area is 122 Å². The lowest BCUT2D eigenvalue weighted by atomic mass is 9.88. The minimum atomic E-state index is 0.156. The van der Waals surface area contributed by atoms with E-state index < -0.39 is 0 Å². The van der Waals surface area contributed by atoms with E-state index in [2.05, 4.69) is 41.8 Å². The van der Waals surface area contributed by atoms with Crippen molar-refractivity contribution in [3.05, 3.63) is 35.4 Å². The lowest BCUT2D eigenvalue weighted by Gasteiger charge is -2.25. The molecule has 0 aliphatic heterocycles. The predicted octanol–water partition coefficient (Wildman–Crippen LogP) is 2.44. The van der Waals surface area contributed by atoms with Gasteiger partial charge < -0.3 is 10.6 Å². The molecular weight excluding hydrogens is 248 g/mol. The summed E-state index contributed by atoms with van der Waals surface area (Å²) in [5.74, 6) is 0.156. The van der Waals surface area contributed by atoms with E-state index in [1.807, 2.05) is 6.92 Å². The molecule has 1 aliphatic carbocycles. The van der Waals surface area contributed by atoms with Crippen molar-refractivity contribution in [2.45, 2.75) is 58.0 Å². The van der Waals surface area contributed by atoms with Gasteiger partial charge in [0, 0.05) is 25.0 Å². The number of carbonyl (C=O) groups excluding carboxylic acids is 1. The molecular formula is C17H26N2O. The summed E-state index contributed by atoms with van der Waals surface area (Å²) in [5.41, 5.74) is 2.94. The van der Waals surface area contributed by atoms with E-state index in [9.17, 15) is 4.79 Å². The van der Waals surface area contributed by atoms with Crippen molar-refractivity contribution in [3.8, 4) is 0 Å². The van der Waals surface area contributed by atoms with Gasteiger partial charge in [-0.1, -0.05) is 31.2 Å². The zero-order chi connectivity index (χ0) is 14.4. The molecule has 0 spiro atoms. The molecule has 2 N–H and O–H groups in total. The van der Waals surface area contributed by atoms with Gasteiger partial charge in [0.1, 0.15) is 0 Å². The molecule has 1 aromatic rings. The number of hydrogen-bond donors (Lipinski definition) is 2. The third-order valence-corrected chi connectivity index (χ3v) is 4.15.